The minimum atomic E-state index is -2.75. The van der Waals surface area contributed by atoms with Gasteiger partial charge in [0.15, 0.2) is 0 Å². The van der Waals surface area contributed by atoms with Crippen LogP contribution in [-0.2, 0) is 4.79 Å². The van der Waals surface area contributed by atoms with Gasteiger partial charge in [-0.1, -0.05) is 6.92 Å². The molecular formula is C16H23ClF2N4O. The second-order valence-electron chi connectivity index (χ2n) is 6.07. The summed E-state index contributed by atoms with van der Waals surface area (Å²) in [7, 11) is 0. The van der Waals surface area contributed by atoms with Crippen molar-refractivity contribution in [2.24, 2.45) is 5.41 Å². The molecule has 0 saturated carbocycles. The largest absolute Gasteiger partial charge is 0.273 e. The summed E-state index contributed by atoms with van der Waals surface area (Å²) in [5.74, 6) is -0.336. The molecule has 1 N–H and O–H groups in total. The summed E-state index contributed by atoms with van der Waals surface area (Å²) in [4.78, 5) is 21.5. The van der Waals surface area contributed by atoms with Gasteiger partial charge in [0.2, 0.25) is 5.91 Å². The van der Waals surface area contributed by atoms with Crippen LogP contribution < -0.4 is 5.43 Å². The molecule has 134 valence electrons. The average Bonchev–Trinajstić information content (AvgIpc) is 3.05. The van der Waals surface area contributed by atoms with Gasteiger partial charge in [0.1, 0.15) is 5.41 Å². The van der Waals surface area contributed by atoms with E-state index in [9.17, 15) is 13.6 Å². The van der Waals surface area contributed by atoms with Crippen LogP contribution >= 0.6 is 11.6 Å². The predicted octanol–water partition coefficient (Wildman–Crippen LogP) is 3.24. The van der Waals surface area contributed by atoms with Gasteiger partial charge in [0, 0.05) is 18.6 Å². The maximum absolute atomic E-state index is 13.8. The fourth-order valence-electron chi connectivity index (χ4n) is 3.04. The quantitative estimate of drug-likeness (QED) is 0.758. The van der Waals surface area contributed by atoms with Crippen LogP contribution in [0.2, 0.25) is 0 Å². The molecule has 0 aliphatic carbocycles. The third-order valence-electron chi connectivity index (χ3n) is 4.60. The summed E-state index contributed by atoms with van der Waals surface area (Å²) in [6.07, 6.45) is 1.58. The van der Waals surface area contributed by atoms with Gasteiger partial charge in [0.25, 0.3) is 6.43 Å². The number of nitrogens with one attached hydrogen (secondary N) is 1. The second-order valence-corrected chi connectivity index (χ2v) is 6.45. The standard InChI is InChI=1S/C16H23ClF2N4O/c1-3-16(14(18)19,6-4-7-17)15(24)23-13(5-8-22-23)12-10-20-11(2)9-21-12/h9-10,13-14,22H,3-8H2,1-2H3. The fraction of sp³-hybridized carbons (Fsp3) is 0.688. The Morgan fingerprint density at radius 3 is 2.79 bits per heavy atom. The highest BCUT2D eigenvalue weighted by atomic mass is 35.5. The summed E-state index contributed by atoms with van der Waals surface area (Å²) < 4.78 is 27.6. The number of halogens is 3. The number of aromatic nitrogens is 2. The Morgan fingerprint density at radius 2 is 2.25 bits per heavy atom. The van der Waals surface area contributed by atoms with Crippen molar-refractivity contribution >= 4 is 17.5 Å². The van der Waals surface area contributed by atoms with E-state index in [-0.39, 0.29) is 24.8 Å². The van der Waals surface area contributed by atoms with Crippen LogP contribution in [0.1, 0.15) is 50.0 Å². The summed E-state index contributed by atoms with van der Waals surface area (Å²) in [5.41, 5.74) is 2.59. The number of alkyl halides is 3. The molecule has 0 aromatic carbocycles. The molecule has 5 nitrogen and oxygen atoms in total. The number of rotatable bonds is 7. The van der Waals surface area contributed by atoms with Crippen molar-refractivity contribution in [2.45, 2.75) is 52.0 Å². The predicted molar refractivity (Wildman–Crippen MR) is 87.7 cm³/mol. The summed E-state index contributed by atoms with van der Waals surface area (Å²) >= 11 is 5.67. The topological polar surface area (TPSA) is 58.1 Å². The molecule has 1 aromatic heterocycles. The number of nitrogens with zero attached hydrogens (tertiary/aromatic N) is 3. The average molecular weight is 361 g/mol. The molecule has 0 spiro atoms. The van der Waals surface area contributed by atoms with E-state index >= 15 is 0 Å². The van der Waals surface area contributed by atoms with Gasteiger partial charge in [-0.2, -0.15) is 0 Å². The Morgan fingerprint density at radius 1 is 1.50 bits per heavy atom. The van der Waals surface area contributed by atoms with Crippen LogP contribution in [0.4, 0.5) is 8.78 Å². The maximum Gasteiger partial charge on any atom is 0.252 e. The SMILES string of the molecule is CCC(CCCCl)(C(=O)N1NCCC1c1cnc(C)cn1)C(F)F. The van der Waals surface area contributed by atoms with Gasteiger partial charge in [-0.3, -0.25) is 19.8 Å². The number of hydrogen-bond acceptors (Lipinski definition) is 4. The zero-order chi connectivity index (χ0) is 17.7. The molecule has 2 unspecified atom stereocenters. The Labute approximate surface area is 145 Å². The lowest BCUT2D eigenvalue weighted by Crippen LogP contribution is -2.51. The third kappa shape index (κ3) is 3.67. The molecule has 8 heteroatoms. The van der Waals surface area contributed by atoms with Crippen molar-refractivity contribution < 1.29 is 13.6 Å². The van der Waals surface area contributed by atoms with Crippen LogP contribution in [-0.4, -0.2) is 39.7 Å². The first kappa shape index (κ1) is 19.0. The number of carbonyl (C=O) groups is 1. The molecule has 1 aliphatic heterocycles. The molecular weight excluding hydrogens is 338 g/mol. The van der Waals surface area contributed by atoms with Crippen LogP contribution in [0.3, 0.4) is 0 Å². The van der Waals surface area contributed by atoms with E-state index in [1.54, 1.807) is 19.3 Å². The monoisotopic (exact) mass is 360 g/mol. The van der Waals surface area contributed by atoms with Gasteiger partial charge < -0.3 is 0 Å². The van der Waals surface area contributed by atoms with Crippen LogP contribution in [0.25, 0.3) is 0 Å². The molecule has 1 aromatic rings. The minimum absolute atomic E-state index is 0.0604. The number of aryl methyl sites for hydroxylation is 1. The van der Waals surface area contributed by atoms with Crippen molar-refractivity contribution in [1.29, 1.82) is 0 Å². The summed E-state index contributed by atoms with van der Waals surface area (Å²) in [5, 5.41) is 1.32. The number of amides is 1. The highest BCUT2D eigenvalue weighted by Crippen LogP contribution is 2.40. The van der Waals surface area contributed by atoms with E-state index in [2.05, 4.69) is 15.4 Å². The van der Waals surface area contributed by atoms with Crippen LogP contribution in [0.15, 0.2) is 12.4 Å². The Bertz CT molecular complexity index is 558. The van der Waals surface area contributed by atoms with Crippen molar-refractivity contribution in [2.75, 3.05) is 12.4 Å². The lowest BCUT2D eigenvalue weighted by molar-refractivity contribution is -0.158. The van der Waals surface area contributed by atoms with E-state index < -0.39 is 17.7 Å². The van der Waals surface area contributed by atoms with Gasteiger partial charge >= 0.3 is 0 Å². The number of carbonyl (C=O) groups excluding carboxylic acids is 1. The summed E-state index contributed by atoms with van der Waals surface area (Å²) in [6, 6.07) is -0.383. The molecule has 2 heterocycles. The first-order valence-electron chi connectivity index (χ1n) is 8.16. The van der Waals surface area contributed by atoms with Gasteiger partial charge in [-0.05, 0) is 32.6 Å². The Hall–Kier alpha value is -1.34. The molecule has 1 saturated heterocycles. The van der Waals surface area contributed by atoms with Gasteiger partial charge in [-0.25, -0.2) is 14.2 Å². The second kappa shape index (κ2) is 8.16. The smallest absolute Gasteiger partial charge is 0.252 e. The van der Waals surface area contributed by atoms with E-state index in [4.69, 9.17) is 11.6 Å². The lowest BCUT2D eigenvalue weighted by atomic mass is 9.79. The zero-order valence-electron chi connectivity index (χ0n) is 13.9. The van der Waals surface area contributed by atoms with Crippen molar-refractivity contribution in [3.05, 3.63) is 23.8 Å². The van der Waals surface area contributed by atoms with E-state index in [1.165, 1.54) is 5.01 Å². The van der Waals surface area contributed by atoms with Gasteiger partial charge in [-0.15, -0.1) is 11.6 Å². The molecule has 1 fully saturated rings. The molecule has 2 rings (SSSR count). The minimum Gasteiger partial charge on any atom is -0.273 e. The van der Waals surface area contributed by atoms with Crippen molar-refractivity contribution in [1.82, 2.24) is 20.4 Å². The van der Waals surface area contributed by atoms with E-state index in [1.807, 2.05) is 6.92 Å². The fourth-order valence-corrected chi connectivity index (χ4v) is 3.18. The van der Waals surface area contributed by atoms with E-state index in [0.29, 0.717) is 25.1 Å². The zero-order valence-corrected chi connectivity index (χ0v) is 14.7. The van der Waals surface area contributed by atoms with Crippen LogP contribution in [0, 0.1) is 12.3 Å². The molecule has 0 radical (unpaired) electrons. The van der Waals surface area contributed by atoms with Crippen LogP contribution in [0.5, 0.6) is 0 Å². The normalized spacial score (nSPS) is 20.4. The van der Waals surface area contributed by atoms with E-state index in [0.717, 1.165) is 5.69 Å². The molecule has 0 bridgehead atoms. The highest BCUT2D eigenvalue weighted by Gasteiger charge is 2.50. The Kier molecular flexibility index (Phi) is 6.46. The molecule has 1 aliphatic rings. The molecule has 24 heavy (non-hydrogen) atoms. The lowest BCUT2D eigenvalue weighted by Gasteiger charge is -2.36. The van der Waals surface area contributed by atoms with Gasteiger partial charge in [0.05, 0.1) is 23.6 Å². The summed E-state index contributed by atoms with van der Waals surface area (Å²) in [6.45, 7) is 3.97. The first-order valence-corrected chi connectivity index (χ1v) is 8.69. The third-order valence-corrected chi connectivity index (χ3v) is 4.87. The highest BCUT2D eigenvalue weighted by molar-refractivity contribution is 6.17. The molecule has 2 atom stereocenters. The first-order chi connectivity index (χ1) is 11.5. The Balaban J connectivity index is 2.28. The number of hydrogen-bond donors (Lipinski definition) is 1. The van der Waals surface area contributed by atoms with Crippen molar-refractivity contribution in [3.63, 3.8) is 0 Å². The maximum atomic E-state index is 13.8. The molecule has 1 amide bonds. The number of hydrazine groups is 1. The van der Waals surface area contributed by atoms with Crippen molar-refractivity contribution in [3.8, 4) is 0 Å².